The van der Waals surface area contributed by atoms with Gasteiger partial charge in [-0.25, -0.2) is 9.97 Å². The Balaban J connectivity index is 1.68. The Morgan fingerprint density at radius 1 is 1.21 bits per heavy atom. The molecule has 0 aliphatic rings. The maximum atomic E-state index is 12.3. The van der Waals surface area contributed by atoms with Crippen molar-refractivity contribution in [3.8, 4) is 11.3 Å². The number of aryl methyl sites for hydroxylation is 1. The number of anilines is 1. The molecular weight excluding hydrogens is 338 g/mol. The van der Waals surface area contributed by atoms with Crippen molar-refractivity contribution in [2.45, 2.75) is 33.1 Å². The summed E-state index contributed by atoms with van der Waals surface area (Å²) in [4.78, 5) is 21.2. The van der Waals surface area contributed by atoms with Gasteiger partial charge < -0.3 is 5.32 Å². The number of nitrogens with one attached hydrogen (secondary N) is 1. The minimum atomic E-state index is -0.0535. The molecule has 4 nitrogen and oxygen atoms in total. The Kier molecular flexibility index (Phi) is 5.06. The van der Waals surface area contributed by atoms with Crippen molar-refractivity contribution in [3.05, 3.63) is 50.7 Å². The second-order valence-electron chi connectivity index (χ2n) is 5.89. The molecule has 0 atom stereocenters. The first kappa shape index (κ1) is 16.8. The van der Waals surface area contributed by atoms with Crippen LogP contribution in [0.4, 0.5) is 5.69 Å². The van der Waals surface area contributed by atoms with Gasteiger partial charge >= 0.3 is 0 Å². The standard InChI is InChI=1S/C18H19N3OS2/c1-11(2)18-21-15(9-24-18)8-17(22)20-14-6-4-5-13(7-14)16-10-23-12(3)19-16/h4-7,9-11H,8H2,1-3H3,(H,20,22). The summed E-state index contributed by atoms with van der Waals surface area (Å²) in [6.07, 6.45) is 0.295. The van der Waals surface area contributed by atoms with E-state index in [9.17, 15) is 4.79 Å². The number of carbonyl (C=O) groups is 1. The molecule has 3 rings (SSSR count). The fourth-order valence-electron chi connectivity index (χ4n) is 2.29. The van der Waals surface area contributed by atoms with E-state index in [2.05, 4.69) is 29.1 Å². The van der Waals surface area contributed by atoms with Crippen LogP contribution in [0.2, 0.25) is 0 Å². The Bertz CT molecular complexity index is 851. The van der Waals surface area contributed by atoms with Crippen LogP contribution in [-0.4, -0.2) is 15.9 Å². The number of hydrogen-bond acceptors (Lipinski definition) is 5. The number of carbonyl (C=O) groups excluding carboxylic acids is 1. The lowest BCUT2D eigenvalue weighted by Gasteiger charge is -2.06. The Hall–Kier alpha value is -2.05. The molecule has 0 aliphatic carbocycles. The zero-order chi connectivity index (χ0) is 17.1. The van der Waals surface area contributed by atoms with Crippen LogP contribution in [0, 0.1) is 6.92 Å². The van der Waals surface area contributed by atoms with E-state index in [0.29, 0.717) is 12.3 Å². The summed E-state index contributed by atoms with van der Waals surface area (Å²) in [5.41, 5.74) is 3.55. The molecular formula is C18H19N3OS2. The third-order valence-corrected chi connectivity index (χ3v) is 5.43. The summed E-state index contributed by atoms with van der Waals surface area (Å²) in [5.74, 6) is 0.340. The summed E-state index contributed by atoms with van der Waals surface area (Å²) >= 11 is 3.23. The van der Waals surface area contributed by atoms with Gasteiger partial charge in [0.2, 0.25) is 5.91 Å². The highest BCUT2D eigenvalue weighted by molar-refractivity contribution is 7.10. The Morgan fingerprint density at radius 2 is 2.04 bits per heavy atom. The number of nitrogens with zero attached hydrogens (tertiary/aromatic N) is 2. The predicted octanol–water partition coefficient (Wildman–Crippen LogP) is 4.88. The second kappa shape index (κ2) is 7.23. The van der Waals surface area contributed by atoms with Crippen LogP contribution in [0.15, 0.2) is 35.0 Å². The molecule has 0 aliphatic heterocycles. The summed E-state index contributed by atoms with van der Waals surface area (Å²) in [6, 6.07) is 7.77. The first-order valence-electron chi connectivity index (χ1n) is 7.78. The van der Waals surface area contributed by atoms with Crippen molar-refractivity contribution in [1.29, 1.82) is 0 Å². The van der Waals surface area contributed by atoms with Gasteiger partial charge in [-0.15, -0.1) is 22.7 Å². The monoisotopic (exact) mass is 357 g/mol. The minimum absolute atomic E-state index is 0.0535. The van der Waals surface area contributed by atoms with Crippen molar-refractivity contribution < 1.29 is 4.79 Å². The van der Waals surface area contributed by atoms with E-state index in [-0.39, 0.29) is 5.91 Å². The summed E-state index contributed by atoms with van der Waals surface area (Å²) in [5, 5.41) is 9.04. The van der Waals surface area contributed by atoms with Gasteiger partial charge in [0.1, 0.15) is 0 Å². The largest absolute Gasteiger partial charge is 0.326 e. The van der Waals surface area contributed by atoms with Gasteiger partial charge in [0.05, 0.1) is 27.8 Å². The van der Waals surface area contributed by atoms with Gasteiger partial charge in [-0.2, -0.15) is 0 Å². The average Bonchev–Trinajstić information content (AvgIpc) is 3.16. The van der Waals surface area contributed by atoms with Crippen molar-refractivity contribution >= 4 is 34.3 Å². The maximum Gasteiger partial charge on any atom is 0.230 e. The van der Waals surface area contributed by atoms with Gasteiger partial charge in [0, 0.05) is 27.9 Å². The highest BCUT2D eigenvalue weighted by atomic mass is 32.1. The van der Waals surface area contributed by atoms with E-state index in [4.69, 9.17) is 0 Å². The topological polar surface area (TPSA) is 54.9 Å². The molecule has 0 saturated carbocycles. The van der Waals surface area contributed by atoms with E-state index < -0.39 is 0 Å². The highest BCUT2D eigenvalue weighted by Crippen LogP contribution is 2.24. The molecule has 2 heterocycles. The molecule has 0 saturated heterocycles. The summed E-state index contributed by atoms with van der Waals surface area (Å²) in [6.45, 7) is 6.20. The number of aromatic nitrogens is 2. The maximum absolute atomic E-state index is 12.3. The van der Waals surface area contributed by atoms with Crippen LogP contribution >= 0.6 is 22.7 Å². The number of hydrogen-bond donors (Lipinski definition) is 1. The van der Waals surface area contributed by atoms with E-state index >= 15 is 0 Å². The molecule has 0 unspecified atom stereocenters. The first-order valence-corrected chi connectivity index (χ1v) is 9.54. The molecule has 1 N–H and O–H groups in total. The highest BCUT2D eigenvalue weighted by Gasteiger charge is 2.11. The quantitative estimate of drug-likeness (QED) is 0.708. The van der Waals surface area contributed by atoms with Crippen LogP contribution in [0.25, 0.3) is 11.3 Å². The minimum Gasteiger partial charge on any atom is -0.326 e. The molecule has 6 heteroatoms. The number of thiazole rings is 2. The van der Waals surface area contributed by atoms with Crippen molar-refractivity contribution in [1.82, 2.24) is 9.97 Å². The van der Waals surface area contributed by atoms with Gasteiger partial charge in [-0.05, 0) is 19.1 Å². The number of amides is 1. The van der Waals surface area contributed by atoms with Gasteiger partial charge in [-0.3, -0.25) is 4.79 Å². The lowest BCUT2D eigenvalue weighted by molar-refractivity contribution is -0.115. The lowest BCUT2D eigenvalue weighted by Crippen LogP contribution is -2.14. The molecule has 2 aromatic heterocycles. The first-order chi connectivity index (χ1) is 11.5. The van der Waals surface area contributed by atoms with Crippen molar-refractivity contribution in [2.24, 2.45) is 0 Å². The van der Waals surface area contributed by atoms with Crippen molar-refractivity contribution in [3.63, 3.8) is 0 Å². The normalized spacial score (nSPS) is 11.0. The number of benzene rings is 1. The molecule has 124 valence electrons. The van der Waals surface area contributed by atoms with E-state index in [1.807, 2.05) is 41.9 Å². The third kappa shape index (κ3) is 4.07. The van der Waals surface area contributed by atoms with Crippen LogP contribution in [0.1, 0.15) is 35.5 Å². The van der Waals surface area contributed by atoms with Crippen LogP contribution < -0.4 is 5.32 Å². The molecule has 0 radical (unpaired) electrons. The summed E-state index contributed by atoms with van der Waals surface area (Å²) in [7, 11) is 0. The van der Waals surface area contributed by atoms with Gasteiger partial charge in [0.15, 0.2) is 0 Å². The van der Waals surface area contributed by atoms with E-state index in [1.165, 1.54) is 0 Å². The molecule has 1 aromatic carbocycles. The molecule has 1 amide bonds. The number of rotatable bonds is 5. The average molecular weight is 358 g/mol. The smallest absolute Gasteiger partial charge is 0.230 e. The van der Waals surface area contributed by atoms with Crippen LogP contribution in [0.5, 0.6) is 0 Å². The van der Waals surface area contributed by atoms with Gasteiger partial charge in [0.25, 0.3) is 0 Å². The molecule has 0 fully saturated rings. The van der Waals surface area contributed by atoms with Gasteiger partial charge in [-0.1, -0.05) is 26.0 Å². The zero-order valence-corrected chi connectivity index (χ0v) is 15.5. The Morgan fingerprint density at radius 3 is 2.71 bits per heavy atom. The summed E-state index contributed by atoms with van der Waals surface area (Å²) < 4.78 is 0. The molecule has 0 bridgehead atoms. The van der Waals surface area contributed by atoms with Crippen LogP contribution in [-0.2, 0) is 11.2 Å². The SMILES string of the molecule is Cc1nc(-c2cccc(NC(=O)Cc3csc(C(C)C)n3)c2)cs1. The fraction of sp³-hybridized carbons (Fsp3) is 0.278. The third-order valence-electron chi connectivity index (χ3n) is 3.47. The van der Waals surface area contributed by atoms with E-state index in [1.54, 1.807) is 22.7 Å². The van der Waals surface area contributed by atoms with Crippen molar-refractivity contribution in [2.75, 3.05) is 5.32 Å². The molecule has 3 aromatic rings. The molecule has 0 spiro atoms. The zero-order valence-electron chi connectivity index (χ0n) is 13.9. The molecule has 24 heavy (non-hydrogen) atoms. The predicted molar refractivity (Wildman–Crippen MR) is 101 cm³/mol. The lowest BCUT2D eigenvalue weighted by atomic mass is 10.1. The Labute approximate surface area is 149 Å². The van der Waals surface area contributed by atoms with E-state index in [0.717, 1.165) is 32.7 Å². The fourth-order valence-corrected chi connectivity index (χ4v) is 3.75. The second-order valence-corrected chi connectivity index (χ2v) is 7.84. The van der Waals surface area contributed by atoms with Crippen LogP contribution in [0.3, 0.4) is 0 Å².